The molecule has 114 valence electrons. The minimum Gasteiger partial charge on any atom is -0.282 e. The molecule has 8 heteroatoms. The zero-order valence-electron chi connectivity index (χ0n) is 12.1. The molecule has 22 heavy (non-hydrogen) atoms. The number of rotatable bonds is 5. The van der Waals surface area contributed by atoms with Gasteiger partial charge in [-0.15, -0.1) is 5.10 Å². The summed E-state index contributed by atoms with van der Waals surface area (Å²) >= 11 is 1.43. The normalized spacial score (nSPS) is 14.9. The molecule has 0 atom stereocenters. The summed E-state index contributed by atoms with van der Waals surface area (Å²) in [6.45, 7) is 2.40. The van der Waals surface area contributed by atoms with E-state index in [0.717, 1.165) is 11.3 Å². The lowest BCUT2D eigenvalue weighted by Gasteiger charge is -2.12. The van der Waals surface area contributed by atoms with E-state index in [2.05, 4.69) is 15.5 Å². The average molecular weight is 317 g/mol. The first-order valence-corrected chi connectivity index (χ1v) is 7.95. The summed E-state index contributed by atoms with van der Waals surface area (Å²) < 4.78 is 1.66. The van der Waals surface area contributed by atoms with Crippen molar-refractivity contribution in [3.8, 4) is 5.69 Å². The number of aromatic nitrogens is 4. The van der Waals surface area contributed by atoms with Crippen molar-refractivity contribution in [3.05, 3.63) is 29.8 Å². The molecular formula is C14H15N5O2S. The number of hydrogen-bond acceptors (Lipinski definition) is 6. The molecule has 0 saturated carbocycles. The Morgan fingerprint density at radius 3 is 2.73 bits per heavy atom. The molecule has 1 aromatic heterocycles. The molecule has 1 saturated heterocycles. The molecule has 1 aromatic carbocycles. The van der Waals surface area contributed by atoms with Gasteiger partial charge in [0.1, 0.15) is 0 Å². The van der Waals surface area contributed by atoms with Crippen LogP contribution in [0.3, 0.4) is 0 Å². The summed E-state index contributed by atoms with van der Waals surface area (Å²) in [6.07, 6.45) is 0.648. The van der Waals surface area contributed by atoms with E-state index < -0.39 is 0 Å². The summed E-state index contributed by atoms with van der Waals surface area (Å²) in [7, 11) is 0. The summed E-state index contributed by atoms with van der Waals surface area (Å²) in [5.41, 5.74) is 2.01. The molecule has 1 aliphatic heterocycles. The average Bonchev–Trinajstić information content (AvgIpc) is 3.08. The molecule has 0 unspecified atom stereocenters. The summed E-state index contributed by atoms with van der Waals surface area (Å²) in [6, 6.07) is 7.88. The lowest BCUT2D eigenvalue weighted by molar-refractivity contribution is -0.137. The van der Waals surface area contributed by atoms with Gasteiger partial charge in [0, 0.05) is 25.1 Å². The van der Waals surface area contributed by atoms with Gasteiger partial charge in [0.05, 0.1) is 5.69 Å². The van der Waals surface area contributed by atoms with Gasteiger partial charge < -0.3 is 0 Å². The van der Waals surface area contributed by atoms with Crippen LogP contribution in [-0.4, -0.2) is 49.2 Å². The molecule has 0 N–H and O–H groups in total. The van der Waals surface area contributed by atoms with Crippen LogP contribution in [0.5, 0.6) is 0 Å². The SMILES string of the molecule is Cc1cccc(-n2nnnc2SCCN2C(=O)CCC2=O)c1. The van der Waals surface area contributed by atoms with E-state index in [1.807, 2.05) is 31.2 Å². The van der Waals surface area contributed by atoms with E-state index in [0.29, 0.717) is 30.3 Å². The van der Waals surface area contributed by atoms with Gasteiger partial charge in [-0.25, -0.2) is 0 Å². The highest BCUT2D eigenvalue weighted by atomic mass is 32.2. The highest BCUT2D eigenvalue weighted by Crippen LogP contribution is 2.20. The lowest BCUT2D eigenvalue weighted by Crippen LogP contribution is -2.31. The summed E-state index contributed by atoms with van der Waals surface area (Å²) in [4.78, 5) is 24.4. The number of tetrazole rings is 1. The standard InChI is InChI=1S/C14H15N5O2S/c1-10-3-2-4-11(9-10)19-14(15-16-17-19)22-8-7-18-12(20)5-6-13(18)21/h2-4,9H,5-8H2,1H3. The van der Waals surface area contributed by atoms with E-state index >= 15 is 0 Å². The number of benzene rings is 1. The van der Waals surface area contributed by atoms with E-state index in [4.69, 9.17) is 0 Å². The van der Waals surface area contributed by atoms with Crippen molar-refractivity contribution in [1.29, 1.82) is 0 Å². The first kappa shape index (κ1) is 14.7. The molecule has 0 bridgehead atoms. The molecule has 0 aliphatic carbocycles. The van der Waals surface area contributed by atoms with Crippen LogP contribution in [0.1, 0.15) is 18.4 Å². The number of aryl methyl sites for hydroxylation is 1. The van der Waals surface area contributed by atoms with Crippen LogP contribution < -0.4 is 0 Å². The van der Waals surface area contributed by atoms with Gasteiger partial charge in [-0.05, 0) is 35.0 Å². The van der Waals surface area contributed by atoms with Crippen LogP contribution >= 0.6 is 11.8 Å². The number of imide groups is 1. The smallest absolute Gasteiger partial charge is 0.229 e. The van der Waals surface area contributed by atoms with Gasteiger partial charge in [-0.3, -0.25) is 14.5 Å². The molecule has 2 aromatic rings. The molecule has 0 radical (unpaired) electrons. The molecule has 2 amide bonds. The molecule has 0 spiro atoms. The topological polar surface area (TPSA) is 81.0 Å². The van der Waals surface area contributed by atoms with Crippen LogP contribution in [0.15, 0.2) is 29.4 Å². The van der Waals surface area contributed by atoms with Crippen molar-refractivity contribution >= 4 is 23.6 Å². The van der Waals surface area contributed by atoms with Gasteiger partial charge in [-0.1, -0.05) is 23.9 Å². The summed E-state index contributed by atoms with van der Waals surface area (Å²) in [5.74, 6) is 0.386. The number of amides is 2. The van der Waals surface area contributed by atoms with Crippen LogP contribution in [0.2, 0.25) is 0 Å². The fraction of sp³-hybridized carbons (Fsp3) is 0.357. The first-order valence-electron chi connectivity index (χ1n) is 6.96. The van der Waals surface area contributed by atoms with Crippen LogP contribution in [0.25, 0.3) is 5.69 Å². The Bertz CT molecular complexity index is 699. The highest BCUT2D eigenvalue weighted by molar-refractivity contribution is 7.99. The third-order valence-corrected chi connectivity index (χ3v) is 4.29. The van der Waals surface area contributed by atoms with Crippen molar-refractivity contribution in [1.82, 2.24) is 25.1 Å². The monoisotopic (exact) mass is 317 g/mol. The molecule has 3 rings (SSSR count). The van der Waals surface area contributed by atoms with Gasteiger partial charge in [-0.2, -0.15) is 4.68 Å². The van der Waals surface area contributed by atoms with Crippen molar-refractivity contribution in [2.75, 3.05) is 12.3 Å². The third-order valence-electron chi connectivity index (χ3n) is 3.39. The molecule has 2 heterocycles. The Morgan fingerprint density at radius 2 is 2.00 bits per heavy atom. The lowest BCUT2D eigenvalue weighted by atomic mass is 10.2. The maximum atomic E-state index is 11.6. The number of carbonyl (C=O) groups excluding carboxylic acids is 2. The third kappa shape index (κ3) is 3.01. The second kappa shape index (κ2) is 6.27. The Kier molecular flexibility index (Phi) is 4.19. The van der Waals surface area contributed by atoms with Crippen LogP contribution in [-0.2, 0) is 9.59 Å². The fourth-order valence-electron chi connectivity index (χ4n) is 2.29. The predicted molar refractivity (Wildman–Crippen MR) is 80.6 cm³/mol. The second-order valence-corrected chi connectivity index (χ2v) is 6.06. The van der Waals surface area contributed by atoms with Crippen molar-refractivity contribution < 1.29 is 9.59 Å². The number of hydrogen-bond donors (Lipinski definition) is 0. The van der Waals surface area contributed by atoms with E-state index in [1.165, 1.54) is 16.7 Å². The Balaban J connectivity index is 1.66. The summed E-state index contributed by atoms with van der Waals surface area (Å²) in [5, 5.41) is 12.3. The molecular weight excluding hydrogens is 302 g/mol. The maximum absolute atomic E-state index is 11.6. The zero-order valence-corrected chi connectivity index (χ0v) is 12.9. The highest BCUT2D eigenvalue weighted by Gasteiger charge is 2.28. The van der Waals surface area contributed by atoms with Gasteiger partial charge in [0.15, 0.2) is 0 Å². The van der Waals surface area contributed by atoms with Crippen LogP contribution in [0.4, 0.5) is 0 Å². The van der Waals surface area contributed by atoms with Crippen molar-refractivity contribution in [2.45, 2.75) is 24.9 Å². The second-order valence-electron chi connectivity index (χ2n) is 5.00. The molecule has 7 nitrogen and oxygen atoms in total. The van der Waals surface area contributed by atoms with E-state index in [-0.39, 0.29) is 11.8 Å². The van der Waals surface area contributed by atoms with Crippen molar-refractivity contribution in [3.63, 3.8) is 0 Å². The van der Waals surface area contributed by atoms with Gasteiger partial charge >= 0.3 is 0 Å². The Morgan fingerprint density at radius 1 is 1.23 bits per heavy atom. The molecule has 1 fully saturated rings. The van der Waals surface area contributed by atoms with Crippen molar-refractivity contribution in [2.24, 2.45) is 0 Å². The number of carbonyl (C=O) groups is 2. The largest absolute Gasteiger partial charge is 0.282 e. The zero-order chi connectivity index (χ0) is 15.5. The van der Waals surface area contributed by atoms with Crippen LogP contribution in [0, 0.1) is 6.92 Å². The Labute approximate surface area is 131 Å². The minimum atomic E-state index is -0.0936. The molecule has 1 aliphatic rings. The quantitative estimate of drug-likeness (QED) is 0.609. The fourth-order valence-corrected chi connectivity index (χ4v) is 3.11. The predicted octanol–water partition coefficient (Wildman–Crippen LogP) is 1.21. The number of thioether (sulfide) groups is 1. The minimum absolute atomic E-state index is 0.0936. The maximum Gasteiger partial charge on any atom is 0.229 e. The van der Waals surface area contributed by atoms with Gasteiger partial charge in [0.25, 0.3) is 0 Å². The first-order chi connectivity index (χ1) is 10.6. The number of nitrogens with zero attached hydrogens (tertiary/aromatic N) is 5. The Hall–Kier alpha value is -2.22. The number of likely N-dealkylation sites (tertiary alicyclic amines) is 1. The van der Waals surface area contributed by atoms with Gasteiger partial charge in [0.2, 0.25) is 17.0 Å². The van der Waals surface area contributed by atoms with E-state index in [9.17, 15) is 9.59 Å². The van der Waals surface area contributed by atoms with E-state index in [1.54, 1.807) is 4.68 Å².